The van der Waals surface area contributed by atoms with Gasteiger partial charge in [-0.05, 0) is 24.8 Å². The largest absolute Gasteiger partial charge is 0.355 e. The quantitative estimate of drug-likeness (QED) is 0.526. The maximum absolute atomic E-state index is 11.9. The van der Waals surface area contributed by atoms with Crippen molar-refractivity contribution in [1.29, 1.82) is 0 Å². The van der Waals surface area contributed by atoms with E-state index in [0.29, 0.717) is 13.0 Å². The number of rotatable bonds is 8. The van der Waals surface area contributed by atoms with Crippen molar-refractivity contribution in [3.8, 4) is 0 Å². The Bertz CT molecular complexity index is 263. The Labute approximate surface area is 115 Å². The molecule has 3 N–H and O–H groups in total. The van der Waals surface area contributed by atoms with Crippen LogP contribution in [0.3, 0.4) is 0 Å². The van der Waals surface area contributed by atoms with Crippen LogP contribution in [0.25, 0.3) is 0 Å². The molecular weight excluding hydrogens is 244 g/mol. The van der Waals surface area contributed by atoms with Crippen molar-refractivity contribution < 1.29 is 4.79 Å². The molecule has 0 saturated heterocycles. The predicted molar refractivity (Wildman–Crippen MR) is 79.7 cm³/mol. The first-order valence-corrected chi connectivity index (χ1v) is 8.03. The first-order chi connectivity index (χ1) is 8.72. The van der Waals surface area contributed by atoms with Gasteiger partial charge in [0.15, 0.2) is 0 Å². The molecule has 0 radical (unpaired) electrons. The summed E-state index contributed by atoms with van der Waals surface area (Å²) in [6.45, 7) is 5.06. The Hall–Kier alpha value is -0.480. The Balaban J connectivity index is 2.22. The molecule has 1 rings (SSSR count). The van der Waals surface area contributed by atoms with Gasteiger partial charge in [0, 0.05) is 24.5 Å². The summed E-state index contributed by atoms with van der Waals surface area (Å²) in [4.78, 5) is 11.9. The Morgan fingerprint density at radius 1 is 1.39 bits per heavy atom. The molecule has 0 aromatic rings. The van der Waals surface area contributed by atoms with Gasteiger partial charge < -0.3 is 11.1 Å². The second-order valence-electron chi connectivity index (χ2n) is 5.16. The monoisotopic (exact) mass is 270 g/mol. The van der Waals surface area contributed by atoms with Crippen molar-refractivity contribution in [2.45, 2.75) is 38.5 Å². The molecule has 0 unspecified atom stereocenters. The maximum Gasteiger partial charge on any atom is 0.220 e. The molecule has 3 nitrogen and oxygen atoms in total. The number of hydrogen-bond acceptors (Lipinski definition) is 3. The van der Waals surface area contributed by atoms with Crippen molar-refractivity contribution in [3.63, 3.8) is 0 Å². The molecule has 1 fully saturated rings. The van der Waals surface area contributed by atoms with E-state index in [1.807, 2.05) is 6.08 Å². The van der Waals surface area contributed by atoms with E-state index in [1.54, 1.807) is 11.8 Å². The summed E-state index contributed by atoms with van der Waals surface area (Å²) in [5.41, 5.74) is 5.97. The Morgan fingerprint density at radius 3 is 2.72 bits per heavy atom. The second-order valence-corrected chi connectivity index (χ2v) is 6.30. The summed E-state index contributed by atoms with van der Waals surface area (Å²) in [7, 11) is 0. The van der Waals surface area contributed by atoms with Crippen LogP contribution in [0.1, 0.15) is 38.5 Å². The molecule has 1 amide bonds. The number of thioether (sulfide) groups is 1. The average Bonchev–Trinajstić information content (AvgIpc) is 2.39. The van der Waals surface area contributed by atoms with E-state index >= 15 is 0 Å². The van der Waals surface area contributed by atoms with Crippen LogP contribution < -0.4 is 11.1 Å². The molecule has 0 heterocycles. The number of hydrogen-bond donors (Lipinski definition) is 2. The van der Waals surface area contributed by atoms with Gasteiger partial charge in [0.05, 0.1) is 0 Å². The lowest BCUT2D eigenvalue weighted by molar-refractivity contribution is -0.123. The van der Waals surface area contributed by atoms with Gasteiger partial charge in [0.2, 0.25) is 5.91 Å². The van der Waals surface area contributed by atoms with Gasteiger partial charge in [-0.1, -0.05) is 25.3 Å². The first kappa shape index (κ1) is 15.6. The summed E-state index contributed by atoms with van der Waals surface area (Å²) >= 11 is 1.79. The number of nitrogens with two attached hydrogens (primary N) is 1. The highest BCUT2D eigenvalue weighted by molar-refractivity contribution is 7.99. The number of nitrogens with one attached hydrogen (secondary N) is 1. The lowest BCUT2D eigenvalue weighted by Crippen LogP contribution is -2.39. The maximum atomic E-state index is 11.9. The van der Waals surface area contributed by atoms with Crippen molar-refractivity contribution in [2.24, 2.45) is 11.1 Å². The highest BCUT2D eigenvalue weighted by Crippen LogP contribution is 2.38. The molecule has 0 atom stereocenters. The minimum Gasteiger partial charge on any atom is -0.355 e. The molecule has 0 aromatic carbocycles. The van der Waals surface area contributed by atoms with E-state index < -0.39 is 0 Å². The summed E-state index contributed by atoms with van der Waals surface area (Å²) in [5.74, 6) is 2.07. The van der Waals surface area contributed by atoms with E-state index in [1.165, 1.54) is 19.3 Å². The molecule has 0 bridgehead atoms. The van der Waals surface area contributed by atoms with Crippen molar-refractivity contribution in [2.75, 3.05) is 24.6 Å². The summed E-state index contributed by atoms with van der Waals surface area (Å²) in [6, 6.07) is 0. The second kappa shape index (κ2) is 8.59. The molecule has 1 saturated carbocycles. The van der Waals surface area contributed by atoms with E-state index in [0.717, 1.165) is 30.9 Å². The van der Waals surface area contributed by atoms with Gasteiger partial charge in [-0.3, -0.25) is 4.79 Å². The van der Waals surface area contributed by atoms with Crippen LogP contribution in [-0.4, -0.2) is 30.5 Å². The van der Waals surface area contributed by atoms with Crippen LogP contribution in [-0.2, 0) is 4.79 Å². The molecule has 1 aliphatic carbocycles. The minimum atomic E-state index is 0.0800. The Morgan fingerprint density at radius 2 is 2.11 bits per heavy atom. The Kier molecular flexibility index (Phi) is 7.44. The lowest BCUT2D eigenvalue weighted by Gasteiger charge is -2.35. The molecular formula is C14H26N2OS. The first-order valence-electron chi connectivity index (χ1n) is 6.88. The average molecular weight is 270 g/mol. The van der Waals surface area contributed by atoms with Crippen LogP contribution in [0.4, 0.5) is 0 Å². The van der Waals surface area contributed by atoms with Crippen molar-refractivity contribution in [3.05, 3.63) is 12.7 Å². The van der Waals surface area contributed by atoms with Gasteiger partial charge in [-0.15, -0.1) is 6.58 Å². The fourth-order valence-electron chi connectivity index (χ4n) is 2.59. The van der Waals surface area contributed by atoms with Crippen molar-refractivity contribution in [1.82, 2.24) is 5.32 Å². The van der Waals surface area contributed by atoms with Crippen LogP contribution in [0.15, 0.2) is 12.7 Å². The molecule has 0 aromatic heterocycles. The molecule has 1 aliphatic rings. The summed E-state index contributed by atoms with van der Waals surface area (Å²) < 4.78 is 0. The summed E-state index contributed by atoms with van der Waals surface area (Å²) in [6.07, 6.45) is 8.46. The third-order valence-corrected chi connectivity index (χ3v) is 4.65. The van der Waals surface area contributed by atoms with Crippen LogP contribution in [0.2, 0.25) is 0 Å². The minimum absolute atomic E-state index is 0.0800. The molecule has 0 spiro atoms. The molecule has 18 heavy (non-hydrogen) atoms. The third-order valence-electron chi connectivity index (χ3n) is 3.69. The molecule has 4 heteroatoms. The van der Waals surface area contributed by atoms with Gasteiger partial charge in [-0.25, -0.2) is 0 Å². The van der Waals surface area contributed by atoms with E-state index in [4.69, 9.17) is 5.73 Å². The molecule has 0 aliphatic heterocycles. The fraction of sp³-hybridized carbons (Fsp3) is 0.786. The number of amides is 1. The highest BCUT2D eigenvalue weighted by atomic mass is 32.2. The van der Waals surface area contributed by atoms with Gasteiger partial charge in [0.1, 0.15) is 0 Å². The standard InChI is InChI=1S/C14H26N2OS/c1-2-9-18-10-8-16-13(17)11-14(12-15)6-4-3-5-7-14/h2H,1,3-12,15H2,(H,16,17). The van der Waals surface area contributed by atoms with Crippen molar-refractivity contribution >= 4 is 17.7 Å². The zero-order valence-corrected chi connectivity index (χ0v) is 12.1. The zero-order chi connectivity index (χ0) is 13.3. The van der Waals surface area contributed by atoms with Crippen LogP contribution in [0, 0.1) is 5.41 Å². The van der Waals surface area contributed by atoms with Crippen LogP contribution in [0.5, 0.6) is 0 Å². The third kappa shape index (κ3) is 5.44. The predicted octanol–water partition coefficient (Wildman–Crippen LogP) is 2.32. The molecule has 104 valence electrons. The smallest absolute Gasteiger partial charge is 0.220 e. The number of carbonyl (C=O) groups excluding carboxylic acids is 1. The van der Waals surface area contributed by atoms with Crippen LogP contribution >= 0.6 is 11.8 Å². The van der Waals surface area contributed by atoms with Gasteiger partial charge in [-0.2, -0.15) is 11.8 Å². The zero-order valence-electron chi connectivity index (χ0n) is 11.2. The van der Waals surface area contributed by atoms with E-state index in [9.17, 15) is 4.79 Å². The normalized spacial score (nSPS) is 18.3. The number of carbonyl (C=O) groups is 1. The highest BCUT2D eigenvalue weighted by Gasteiger charge is 2.32. The van der Waals surface area contributed by atoms with Gasteiger partial charge >= 0.3 is 0 Å². The van der Waals surface area contributed by atoms with E-state index in [2.05, 4.69) is 11.9 Å². The summed E-state index contributed by atoms with van der Waals surface area (Å²) in [5, 5.41) is 3.00. The van der Waals surface area contributed by atoms with E-state index in [-0.39, 0.29) is 11.3 Å². The fourth-order valence-corrected chi connectivity index (χ4v) is 3.17. The van der Waals surface area contributed by atoms with Gasteiger partial charge in [0.25, 0.3) is 0 Å². The lowest BCUT2D eigenvalue weighted by atomic mass is 9.72. The topological polar surface area (TPSA) is 55.1 Å². The SMILES string of the molecule is C=CCSCCNC(=O)CC1(CN)CCCCC1.